The zero-order valence-corrected chi connectivity index (χ0v) is 18.2. The zero-order valence-electron chi connectivity index (χ0n) is 17.4. The number of aliphatic hydroxyl groups is 2. The fraction of sp³-hybridized carbons (Fsp3) is 0.240. The lowest BCUT2D eigenvalue weighted by molar-refractivity contribution is 0.104. The van der Waals surface area contributed by atoms with Crippen LogP contribution in [0.3, 0.4) is 0 Å². The Labute approximate surface area is 188 Å². The number of methoxy groups -OCH3 is 1. The number of allylic oxidation sites excluding steroid dienone is 1. The number of aliphatic hydroxyl groups excluding tert-OH is 2. The Morgan fingerprint density at radius 3 is 2.29 bits per heavy atom. The van der Waals surface area contributed by atoms with E-state index in [0.29, 0.717) is 25.2 Å². The fourth-order valence-corrected chi connectivity index (χ4v) is 4.23. The zero-order chi connectivity index (χ0) is 21.1. The molecule has 4 rings (SSSR count). The van der Waals surface area contributed by atoms with E-state index >= 15 is 0 Å². The van der Waals surface area contributed by atoms with Crippen LogP contribution in [0, 0.1) is 0 Å². The van der Waals surface area contributed by atoms with Gasteiger partial charge < -0.3 is 14.9 Å². The molecule has 0 saturated heterocycles. The molecule has 0 aliphatic heterocycles. The second-order valence-electron chi connectivity index (χ2n) is 7.35. The highest BCUT2D eigenvalue weighted by atomic mass is 35.5. The molecule has 0 heterocycles. The SMILES string of the molecule is COc1ccc2c3c(cc(CN(CCO)CCO)c(-c4ccccc4)c13)C(=O)C=C2.Cl. The first-order valence-corrected chi connectivity index (χ1v) is 10.1. The maximum absolute atomic E-state index is 12.8. The minimum absolute atomic E-state index is 0. The molecule has 2 N–H and O–H groups in total. The van der Waals surface area contributed by atoms with Crippen LogP contribution >= 0.6 is 12.4 Å². The topological polar surface area (TPSA) is 70.0 Å². The van der Waals surface area contributed by atoms with Crippen LogP contribution in [-0.4, -0.2) is 54.3 Å². The van der Waals surface area contributed by atoms with Gasteiger partial charge in [-0.25, -0.2) is 0 Å². The molecule has 0 unspecified atom stereocenters. The molecule has 0 bridgehead atoms. The molecule has 5 nitrogen and oxygen atoms in total. The number of rotatable bonds is 8. The summed E-state index contributed by atoms with van der Waals surface area (Å²) in [5, 5.41) is 20.7. The molecule has 0 radical (unpaired) electrons. The lowest BCUT2D eigenvalue weighted by Gasteiger charge is -2.25. The van der Waals surface area contributed by atoms with E-state index in [1.165, 1.54) is 0 Å². The largest absolute Gasteiger partial charge is 0.496 e. The molecule has 0 atom stereocenters. The summed E-state index contributed by atoms with van der Waals surface area (Å²) in [6.45, 7) is 1.37. The summed E-state index contributed by atoms with van der Waals surface area (Å²) in [6.07, 6.45) is 3.46. The van der Waals surface area contributed by atoms with Crippen molar-refractivity contribution in [1.29, 1.82) is 0 Å². The van der Waals surface area contributed by atoms with Crippen molar-refractivity contribution in [2.24, 2.45) is 0 Å². The summed E-state index contributed by atoms with van der Waals surface area (Å²) in [6, 6.07) is 15.9. The minimum Gasteiger partial charge on any atom is -0.496 e. The first-order valence-electron chi connectivity index (χ1n) is 10.1. The summed E-state index contributed by atoms with van der Waals surface area (Å²) in [7, 11) is 1.64. The molecular formula is C25H26ClNO4. The number of hydrogen-bond acceptors (Lipinski definition) is 5. The van der Waals surface area contributed by atoms with Crippen molar-refractivity contribution in [2.45, 2.75) is 6.54 Å². The second kappa shape index (κ2) is 10.1. The predicted octanol–water partition coefficient (Wildman–Crippen LogP) is 3.93. The lowest BCUT2D eigenvalue weighted by atomic mass is 9.84. The molecule has 31 heavy (non-hydrogen) atoms. The Kier molecular flexibility index (Phi) is 7.46. The molecular weight excluding hydrogens is 414 g/mol. The van der Waals surface area contributed by atoms with Gasteiger partial charge in [-0.15, -0.1) is 12.4 Å². The average molecular weight is 440 g/mol. The van der Waals surface area contributed by atoms with Gasteiger partial charge in [0.2, 0.25) is 0 Å². The third-order valence-corrected chi connectivity index (χ3v) is 5.55. The molecule has 162 valence electrons. The summed E-state index contributed by atoms with van der Waals surface area (Å²) >= 11 is 0. The quantitative estimate of drug-likeness (QED) is 0.556. The van der Waals surface area contributed by atoms with Crippen molar-refractivity contribution in [3.8, 4) is 16.9 Å². The highest BCUT2D eigenvalue weighted by Crippen LogP contribution is 2.43. The van der Waals surface area contributed by atoms with Gasteiger partial charge in [0, 0.05) is 36.0 Å². The molecule has 1 aliphatic carbocycles. The smallest absolute Gasteiger partial charge is 0.186 e. The van der Waals surface area contributed by atoms with E-state index < -0.39 is 0 Å². The standard InChI is InChI=1S/C25H25NO4.ClH/c1-30-22-10-8-18-7-9-21(29)20-15-19(16-26(11-13-27)12-14-28)23(25(22)24(18)20)17-5-3-2-4-6-17;/h2-10,15,27-28H,11-14,16H2,1H3;1H. The Morgan fingerprint density at radius 1 is 0.935 bits per heavy atom. The van der Waals surface area contributed by atoms with Gasteiger partial charge in [0.25, 0.3) is 0 Å². The second-order valence-corrected chi connectivity index (χ2v) is 7.35. The molecule has 6 heteroatoms. The van der Waals surface area contributed by atoms with E-state index in [1.807, 2.05) is 47.4 Å². The Morgan fingerprint density at radius 2 is 1.65 bits per heavy atom. The summed E-state index contributed by atoms with van der Waals surface area (Å²) < 4.78 is 5.73. The molecule has 0 saturated carbocycles. The van der Waals surface area contributed by atoms with E-state index in [2.05, 4.69) is 12.1 Å². The van der Waals surface area contributed by atoms with Crippen LogP contribution in [0.2, 0.25) is 0 Å². The summed E-state index contributed by atoms with van der Waals surface area (Å²) in [5.74, 6) is 0.687. The van der Waals surface area contributed by atoms with E-state index in [9.17, 15) is 15.0 Å². The predicted molar refractivity (Wildman–Crippen MR) is 126 cm³/mol. The van der Waals surface area contributed by atoms with Gasteiger partial charge in [-0.2, -0.15) is 0 Å². The van der Waals surface area contributed by atoms with Gasteiger partial charge in [0.05, 0.1) is 20.3 Å². The third kappa shape index (κ3) is 4.36. The molecule has 0 amide bonds. The van der Waals surface area contributed by atoms with Crippen molar-refractivity contribution in [2.75, 3.05) is 33.4 Å². The van der Waals surface area contributed by atoms with Crippen molar-refractivity contribution in [3.05, 3.63) is 71.3 Å². The number of carbonyl (C=O) groups excluding carboxylic acids is 1. The number of hydrogen-bond donors (Lipinski definition) is 2. The lowest BCUT2D eigenvalue weighted by Crippen LogP contribution is -2.29. The average Bonchev–Trinajstić information content (AvgIpc) is 2.77. The third-order valence-electron chi connectivity index (χ3n) is 5.55. The monoisotopic (exact) mass is 439 g/mol. The van der Waals surface area contributed by atoms with Crippen molar-refractivity contribution >= 4 is 35.0 Å². The van der Waals surface area contributed by atoms with Crippen LogP contribution in [0.5, 0.6) is 5.75 Å². The van der Waals surface area contributed by atoms with Crippen molar-refractivity contribution < 1.29 is 19.7 Å². The van der Waals surface area contributed by atoms with Gasteiger partial charge in [0.1, 0.15) is 5.75 Å². The Hall–Kier alpha value is -2.70. The highest BCUT2D eigenvalue weighted by molar-refractivity contribution is 6.23. The normalized spacial score (nSPS) is 12.3. The number of benzene rings is 3. The van der Waals surface area contributed by atoms with E-state index in [4.69, 9.17) is 4.74 Å². The fourth-order valence-electron chi connectivity index (χ4n) is 4.23. The Balaban J connectivity index is 0.00000272. The summed E-state index contributed by atoms with van der Waals surface area (Å²) in [4.78, 5) is 14.8. The van der Waals surface area contributed by atoms with Crippen molar-refractivity contribution in [1.82, 2.24) is 4.90 Å². The summed E-state index contributed by atoms with van der Waals surface area (Å²) in [5.41, 5.74) is 4.65. The maximum atomic E-state index is 12.8. The van der Waals surface area contributed by atoms with E-state index in [1.54, 1.807) is 13.2 Å². The van der Waals surface area contributed by atoms with Gasteiger partial charge in [-0.3, -0.25) is 9.69 Å². The van der Waals surface area contributed by atoms with Gasteiger partial charge >= 0.3 is 0 Å². The first-order chi connectivity index (χ1) is 14.7. The van der Waals surface area contributed by atoms with Crippen LogP contribution in [0.4, 0.5) is 0 Å². The highest BCUT2D eigenvalue weighted by Gasteiger charge is 2.24. The minimum atomic E-state index is -0.0301. The number of nitrogens with zero attached hydrogens (tertiary/aromatic N) is 1. The number of halogens is 1. The number of ether oxygens (including phenoxy) is 1. The van der Waals surface area contributed by atoms with Crippen molar-refractivity contribution in [3.63, 3.8) is 0 Å². The van der Waals surface area contributed by atoms with E-state index in [-0.39, 0.29) is 31.4 Å². The molecule has 0 fully saturated rings. The van der Waals surface area contributed by atoms with E-state index in [0.717, 1.165) is 38.8 Å². The molecule has 0 spiro atoms. The van der Waals surface area contributed by atoms with Crippen LogP contribution < -0.4 is 4.74 Å². The first kappa shape index (κ1) is 23.0. The van der Waals surface area contributed by atoms with Gasteiger partial charge in [-0.1, -0.05) is 42.5 Å². The number of ketones is 1. The molecule has 1 aliphatic rings. The maximum Gasteiger partial charge on any atom is 0.186 e. The number of carbonyl (C=O) groups is 1. The Bertz CT molecular complexity index is 1110. The van der Waals surface area contributed by atoms with Crippen LogP contribution in [0.15, 0.2) is 54.6 Å². The molecule has 3 aromatic rings. The van der Waals surface area contributed by atoms with Crippen LogP contribution in [0.25, 0.3) is 28.0 Å². The molecule has 0 aromatic heterocycles. The van der Waals surface area contributed by atoms with Crippen LogP contribution in [0.1, 0.15) is 21.5 Å². The van der Waals surface area contributed by atoms with Crippen LogP contribution in [-0.2, 0) is 6.54 Å². The van der Waals surface area contributed by atoms with Gasteiger partial charge in [-0.05, 0) is 40.5 Å². The molecule has 3 aromatic carbocycles. The van der Waals surface area contributed by atoms with Gasteiger partial charge in [0.15, 0.2) is 5.78 Å².